The van der Waals surface area contributed by atoms with Crippen LogP contribution in [0.4, 0.5) is 0 Å². The first-order valence-electron chi connectivity index (χ1n) is 7.50. The van der Waals surface area contributed by atoms with Gasteiger partial charge in [-0.3, -0.25) is 4.79 Å². The first-order valence-corrected chi connectivity index (χ1v) is 7.50. The van der Waals surface area contributed by atoms with Crippen LogP contribution in [0, 0.1) is 0 Å². The fourth-order valence-corrected chi connectivity index (χ4v) is 2.65. The number of benzene rings is 1. The molecule has 1 aromatic carbocycles. The summed E-state index contributed by atoms with van der Waals surface area (Å²) in [5, 5.41) is 7.40. The Balaban J connectivity index is 1.85. The molecule has 2 aromatic rings. The van der Waals surface area contributed by atoms with Gasteiger partial charge in [-0.1, -0.05) is 35.5 Å². The van der Waals surface area contributed by atoms with Crippen LogP contribution in [-0.4, -0.2) is 29.2 Å². The highest BCUT2D eigenvalue weighted by molar-refractivity contribution is 5.66. The fourth-order valence-electron chi connectivity index (χ4n) is 2.65. The second-order valence-corrected chi connectivity index (χ2v) is 5.42. The number of carbonyl (C=O) groups is 1. The van der Waals surface area contributed by atoms with Gasteiger partial charge in [-0.15, -0.1) is 0 Å². The normalized spacial score (nSPS) is 17.1. The Bertz CT molecular complexity index is 621. The van der Waals surface area contributed by atoms with Crippen LogP contribution in [0.5, 0.6) is 0 Å². The van der Waals surface area contributed by atoms with Gasteiger partial charge >= 0.3 is 5.97 Å². The summed E-state index contributed by atoms with van der Waals surface area (Å²) >= 11 is 0. The maximum atomic E-state index is 11.4. The number of nitrogens with zero attached hydrogens (tertiary/aromatic N) is 2. The molecule has 0 bridgehead atoms. The van der Waals surface area contributed by atoms with Crippen LogP contribution in [0.15, 0.2) is 34.9 Å². The number of aromatic nitrogens is 2. The first-order chi connectivity index (χ1) is 10.7. The summed E-state index contributed by atoms with van der Waals surface area (Å²) < 4.78 is 10.8. The standard InChI is InChI=1S/C16H19N3O3/c1-11(20)21-14(12-5-3-2-4-6-12)16-18-15(19-22-16)13-7-9-17-10-8-13/h2-6,13-14,17H,7-10H2,1H3/t14-/m0/s1. The van der Waals surface area contributed by atoms with Crippen molar-refractivity contribution in [3.8, 4) is 0 Å². The third-order valence-electron chi connectivity index (χ3n) is 3.77. The number of esters is 1. The summed E-state index contributed by atoms with van der Waals surface area (Å²) in [4.78, 5) is 15.9. The number of piperidine rings is 1. The van der Waals surface area contributed by atoms with Crippen molar-refractivity contribution in [2.75, 3.05) is 13.1 Å². The predicted octanol–water partition coefficient (Wildman–Crippen LogP) is 2.19. The van der Waals surface area contributed by atoms with E-state index in [0.29, 0.717) is 17.6 Å². The van der Waals surface area contributed by atoms with E-state index in [0.717, 1.165) is 31.5 Å². The molecule has 1 atom stereocenters. The maximum Gasteiger partial charge on any atom is 0.303 e. The Hall–Kier alpha value is -2.21. The lowest BCUT2D eigenvalue weighted by Gasteiger charge is -2.19. The average molecular weight is 301 g/mol. The molecule has 0 aliphatic carbocycles. The van der Waals surface area contributed by atoms with Gasteiger partial charge in [0, 0.05) is 18.4 Å². The van der Waals surface area contributed by atoms with E-state index in [1.54, 1.807) is 0 Å². The van der Waals surface area contributed by atoms with E-state index >= 15 is 0 Å². The topological polar surface area (TPSA) is 77.2 Å². The van der Waals surface area contributed by atoms with Crippen molar-refractivity contribution < 1.29 is 14.1 Å². The van der Waals surface area contributed by atoms with Gasteiger partial charge in [0.1, 0.15) is 0 Å². The molecule has 0 amide bonds. The van der Waals surface area contributed by atoms with Crippen LogP contribution in [0.25, 0.3) is 0 Å². The van der Waals surface area contributed by atoms with Gasteiger partial charge < -0.3 is 14.6 Å². The monoisotopic (exact) mass is 301 g/mol. The van der Waals surface area contributed by atoms with Gasteiger partial charge in [-0.25, -0.2) is 0 Å². The largest absolute Gasteiger partial charge is 0.447 e. The summed E-state index contributed by atoms with van der Waals surface area (Å²) in [6.07, 6.45) is 1.33. The summed E-state index contributed by atoms with van der Waals surface area (Å²) in [7, 11) is 0. The molecule has 0 saturated carbocycles. The van der Waals surface area contributed by atoms with E-state index in [4.69, 9.17) is 9.26 Å². The molecular formula is C16H19N3O3. The lowest BCUT2D eigenvalue weighted by atomic mass is 9.97. The molecule has 0 radical (unpaired) electrons. The van der Waals surface area contributed by atoms with Crippen molar-refractivity contribution >= 4 is 5.97 Å². The molecular weight excluding hydrogens is 282 g/mol. The predicted molar refractivity (Wildman–Crippen MR) is 79.2 cm³/mol. The van der Waals surface area contributed by atoms with Crippen LogP contribution in [0.3, 0.4) is 0 Å². The Morgan fingerprint density at radius 2 is 2.05 bits per heavy atom. The third kappa shape index (κ3) is 3.33. The van der Waals surface area contributed by atoms with E-state index in [2.05, 4.69) is 15.5 Å². The SMILES string of the molecule is CC(=O)O[C@@H](c1ccccc1)c1nc(C2CCNCC2)no1. The Morgan fingerprint density at radius 1 is 1.32 bits per heavy atom. The number of hydrogen-bond acceptors (Lipinski definition) is 6. The van der Waals surface area contributed by atoms with E-state index in [1.807, 2.05) is 30.3 Å². The van der Waals surface area contributed by atoms with Crippen molar-refractivity contribution in [2.45, 2.75) is 31.8 Å². The summed E-state index contributed by atoms with van der Waals surface area (Å²) in [5.41, 5.74) is 0.818. The van der Waals surface area contributed by atoms with Gasteiger partial charge in [-0.05, 0) is 25.9 Å². The molecule has 22 heavy (non-hydrogen) atoms. The molecule has 3 rings (SSSR count). The quantitative estimate of drug-likeness (QED) is 0.872. The highest BCUT2D eigenvalue weighted by Crippen LogP contribution is 2.28. The van der Waals surface area contributed by atoms with E-state index in [-0.39, 0.29) is 5.97 Å². The zero-order valence-electron chi connectivity index (χ0n) is 12.5. The zero-order valence-corrected chi connectivity index (χ0v) is 12.5. The van der Waals surface area contributed by atoms with Gasteiger partial charge in [0.05, 0.1) is 0 Å². The van der Waals surface area contributed by atoms with Gasteiger partial charge in [0.15, 0.2) is 5.82 Å². The second kappa shape index (κ2) is 6.70. The second-order valence-electron chi connectivity index (χ2n) is 5.42. The highest BCUT2D eigenvalue weighted by Gasteiger charge is 2.27. The molecule has 1 aliphatic heterocycles. The highest BCUT2D eigenvalue weighted by atomic mass is 16.6. The summed E-state index contributed by atoms with van der Waals surface area (Å²) in [5.74, 6) is 0.947. The summed E-state index contributed by atoms with van der Waals surface area (Å²) in [6.45, 7) is 3.29. The first kappa shape index (κ1) is 14.7. The smallest absolute Gasteiger partial charge is 0.303 e. The lowest BCUT2D eigenvalue weighted by molar-refractivity contribution is -0.145. The number of nitrogens with one attached hydrogen (secondary N) is 1. The van der Waals surface area contributed by atoms with Crippen molar-refractivity contribution in [3.05, 3.63) is 47.6 Å². The van der Waals surface area contributed by atoms with Crippen molar-refractivity contribution in [1.82, 2.24) is 15.5 Å². The summed E-state index contributed by atoms with van der Waals surface area (Å²) in [6, 6.07) is 9.43. The molecule has 1 saturated heterocycles. The molecule has 6 heteroatoms. The lowest BCUT2D eigenvalue weighted by Crippen LogP contribution is -2.27. The minimum Gasteiger partial charge on any atom is -0.447 e. The molecule has 0 spiro atoms. The van der Waals surface area contributed by atoms with Crippen LogP contribution >= 0.6 is 0 Å². The minimum absolute atomic E-state index is 0.299. The Morgan fingerprint density at radius 3 is 2.73 bits per heavy atom. The molecule has 116 valence electrons. The minimum atomic E-state index is -0.651. The molecule has 1 aliphatic rings. The van der Waals surface area contributed by atoms with Crippen LogP contribution in [-0.2, 0) is 9.53 Å². The average Bonchev–Trinajstić information content (AvgIpc) is 3.04. The van der Waals surface area contributed by atoms with Crippen molar-refractivity contribution in [2.24, 2.45) is 0 Å². The van der Waals surface area contributed by atoms with E-state index in [9.17, 15) is 4.79 Å². The van der Waals surface area contributed by atoms with Gasteiger partial charge in [0.25, 0.3) is 5.89 Å². The molecule has 1 N–H and O–H groups in total. The van der Waals surface area contributed by atoms with Gasteiger partial charge in [0.2, 0.25) is 6.10 Å². The van der Waals surface area contributed by atoms with Crippen LogP contribution in [0.1, 0.15) is 49.1 Å². The van der Waals surface area contributed by atoms with Crippen LogP contribution in [0.2, 0.25) is 0 Å². The molecule has 1 aromatic heterocycles. The Labute approximate surface area is 128 Å². The number of carbonyl (C=O) groups excluding carboxylic acids is 1. The van der Waals surface area contributed by atoms with Crippen molar-refractivity contribution in [1.29, 1.82) is 0 Å². The van der Waals surface area contributed by atoms with E-state index in [1.165, 1.54) is 6.92 Å². The number of rotatable bonds is 4. The van der Waals surface area contributed by atoms with Crippen molar-refractivity contribution in [3.63, 3.8) is 0 Å². The molecule has 2 heterocycles. The van der Waals surface area contributed by atoms with E-state index < -0.39 is 6.10 Å². The maximum absolute atomic E-state index is 11.4. The zero-order chi connectivity index (χ0) is 15.4. The Kier molecular flexibility index (Phi) is 4.48. The fraction of sp³-hybridized carbons (Fsp3) is 0.438. The molecule has 6 nitrogen and oxygen atoms in total. The number of ether oxygens (including phenoxy) is 1. The third-order valence-corrected chi connectivity index (χ3v) is 3.77. The van der Waals surface area contributed by atoms with Crippen LogP contribution < -0.4 is 5.32 Å². The molecule has 1 fully saturated rings. The number of hydrogen-bond donors (Lipinski definition) is 1. The molecule has 0 unspecified atom stereocenters. The van der Waals surface area contributed by atoms with Gasteiger partial charge in [-0.2, -0.15) is 4.98 Å².